The molecule has 0 saturated carbocycles. The van der Waals surface area contributed by atoms with Crippen LogP contribution in [0.15, 0.2) is 53.3 Å². The highest BCUT2D eigenvalue weighted by atomic mass is 19.4. The van der Waals surface area contributed by atoms with Crippen molar-refractivity contribution in [1.29, 1.82) is 0 Å². The van der Waals surface area contributed by atoms with Gasteiger partial charge in [0.2, 0.25) is 5.78 Å². The zero-order valence-corrected chi connectivity index (χ0v) is 13.0. The molecule has 1 N–H and O–H groups in total. The largest absolute Gasteiger partial charge is 0.506 e. The third-order valence-corrected chi connectivity index (χ3v) is 3.98. The van der Waals surface area contributed by atoms with Crippen LogP contribution < -0.4 is 5.56 Å². The van der Waals surface area contributed by atoms with Gasteiger partial charge in [0.05, 0.1) is 11.1 Å². The first kappa shape index (κ1) is 16.8. The van der Waals surface area contributed by atoms with Crippen molar-refractivity contribution in [2.75, 3.05) is 0 Å². The first-order valence-corrected chi connectivity index (χ1v) is 7.24. The number of alkyl halides is 3. The maximum Gasteiger partial charge on any atom is 0.416 e. The van der Waals surface area contributed by atoms with E-state index in [0.29, 0.717) is 10.9 Å². The van der Waals surface area contributed by atoms with Crippen LogP contribution in [0.25, 0.3) is 10.9 Å². The normalized spacial score (nSPS) is 11.7. The van der Waals surface area contributed by atoms with Crippen LogP contribution in [0.4, 0.5) is 13.2 Å². The van der Waals surface area contributed by atoms with Gasteiger partial charge in [0.25, 0.3) is 5.56 Å². The molecule has 0 aliphatic heterocycles. The molecule has 0 saturated heterocycles. The average molecular weight is 347 g/mol. The van der Waals surface area contributed by atoms with Crippen molar-refractivity contribution in [1.82, 2.24) is 4.57 Å². The highest BCUT2D eigenvalue weighted by Crippen LogP contribution is 2.30. The molecule has 7 heteroatoms. The van der Waals surface area contributed by atoms with Crippen LogP contribution >= 0.6 is 0 Å². The molecular weight excluding hydrogens is 335 g/mol. The topological polar surface area (TPSA) is 59.3 Å². The van der Waals surface area contributed by atoms with Crippen molar-refractivity contribution >= 4 is 16.7 Å². The number of rotatable bonds is 2. The molecule has 3 rings (SSSR count). The van der Waals surface area contributed by atoms with Gasteiger partial charge < -0.3 is 9.67 Å². The van der Waals surface area contributed by atoms with Gasteiger partial charge in [0, 0.05) is 18.0 Å². The van der Waals surface area contributed by atoms with Gasteiger partial charge in [-0.05, 0) is 24.3 Å². The smallest absolute Gasteiger partial charge is 0.416 e. The SMILES string of the molecule is Cn1c(=O)c(C(=O)c2ccc(C(F)(F)F)cc2)c(O)c2ccccc21. The maximum absolute atomic E-state index is 12.6. The van der Waals surface area contributed by atoms with Crippen molar-refractivity contribution in [3.05, 3.63) is 75.6 Å². The molecule has 0 atom stereocenters. The summed E-state index contributed by atoms with van der Waals surface area (Å²) in [6.07, 6.45) is -4.52. The predicted molar refractivity (Wildman–Crippen MR) is 85.7 cm³/mol. The van der Waals surface area contributed by atoms with Crippen molar-refractivity contribution < 1.29 is 23.1 Å². The van der Waals surface area contributed by atoms with Crippen LogP contribution in [0.3, 0.4) is 0 Å². The number of pyridine rings is 1. The summed E-state index contributed by atoms with van der Waals surface area (Å²) in [5.74, 6) is -1.32. The van der Waals surface area contributed by atoms with Crippen molar-refractivity contribution in [3.8, 4) is 5.75 Å². The second kappa shape index (κ2) is 5.77. The van der Waals surface area contributed by atoms with Gasteiger partial charge in [-0.25, -0.2) is 0 Å². The third kappa shape index (κ3) is 2.77. The molecule has 1 heterocycles. The molecule has 0 aliphatic carbocycles. The lowest BCUT2D eigenvalue weighted by molar-refractivity contribution is -0.137. The van der Waals surface area contributed by atoms with Crippen LogP contribution in [0, 0.1) is 0 Å². The van der Waals surface area contributed by atoms with E-state index in [0.717, 1.165) is 24.3 Å². The Hall–Kier alpha value is -3.09. The highest BCUT2D eigenvalue weighted by Gasteiger charge is 2.30. The summed E-state index contributed by atoms with van der Waals surface area (Å²) in [6, 6.07) is 9.97. The Morgan fingerprint density at radius 3 is 2.24 bits per heavy atom. The standard InChI is InChI=1S/C18H12F3NO3/c1-22-13-5-3-2-4-12(13)16(24)14(17(22)25)15(23)10-6-8-11(9-7-10)18(19,20)21/h2-9,24H,1H3. The Morgan fingerprint density at radius 1 is 1.04 bits per heavy atom. The molecule has 0 aliphatic rings. The van der Waals surface area contributed by atoms with E-state index in [1.54, 1.807) is 24.3 Å². The van der Waals surface area contributed by atoms with Gasteiger partial charge in [-0.15, -0.1) is 0 Å². The summed E-state index contributed by atoms with van der Waals surface area (Å²) in [7, 11) is 1.45. The number of benzene rings is 2. The Balaban J connectivity index is 2.16. The summed E-state index contributed by atoms with van der Waals surface area (Å²) >= 11 is 0. The molecule has 0 unspecified atom stereocenters. The molecule has 3 aromatic rings. The minimum absolute atomic E-state index is 0.115. The zero-order valence-electron chi connectivity index (χ0n) is 13.0. The number of halogens is 3. The fourth-order valence-corrected chi connectivity index (χ4v) is 2.64. The number of para-hydroxylation sites is 1. The quantitative estimate of drug-likeness (QED) is 0.722. The lowest BCUT2D eigenvalue weighted by Gasteiger charge is -2.11. The Morgan fingerprint density at radius 2 is 1.64 bits per heavy atom. The minimum atomic E-state index is -4.52. The number of carbonyl (C=O) groups is 1. The number of ketones is 1. The highest BCUT2D eigenvalue weighted by molar-refractivity contribution is 6.12. The van der Waals surface area contributed by atoms with E-state index in [1.165, 1.54) is 11.6 Å². The van der Waals surface area contributed by atoms with Crippen LogP contribution in [0.5, 0.6) is 5.75 Å². The van der Waals surface area contributed by atoms with Gasteiger partial charge in [0.1, 0.15) is 11.3 Å². The Kier molecular flexibility index (Phi) is 3.87. The van der Waals surface area contributed by atoms with E-state index in [-0.39, 0.29) is 5.56 Å². The predicted octanol–water partition coefficient (Wildman–Crippen LogP) is 3.49. The zero-order chi connectivity index (χ0) is 18.4. The molecule has 0 fully saturated rings. The number of fused-ring (bicyclic) bond motifs is 1. The number of hydrogen-bond donors (Lipinski definition) is 1. The van der Waals surface area contributed by atoms with Gasteiger partial charge in [0.15, 0.2) is 0 Å². The summed E-state index contributed by atoms with van der Waals surface area (Å²) < 4.78 is 39.1. The number of aromatic hydroxyl groups is 1. The van der Waals surface area contributed by atoms with Crippen molar-refractivity contribution in [3.63, 3.8) is 0 Å². The fraction of sp³-hybridized carbons (Fsp3) is 0.111. The maximum atomic E-state index is 12.6. The summed E-state index contributed by atoms with van der Waals surface area (Å²) in [6.45, 7) is 0. The summed E-state index contributed by atoms with van der Waals surface area (Å²) in [4.78, 5) is 25.0. The minimum Gasteiger partial charge on any atom is -0.506 e. The average Bonchev–Trinajstić information content (AvgIpc) is 2.59. The second-order valence-corrected chi connectivity index (χ2v) is 5.51. The number of aromatic nitrogens is 1. The molecular formula is C18H12F3NO3. The van der Waals surface area contributed by atoms with Gasteiger partial charge >= 0.3 is 6.18 Å². The number of hydrogen-bond acceptors (Lipinski definition) is 3. The molecule has 0 spiro atoms. The van der Waals surface area contributed by atoms with Gasteiger partial charge in [-0.3, -0.25) is 9.59 Å². The number of carbonyl (C=O) groups excluding carboxylic acids is 1. The number of aryl methyl sites for hydroxylation is 1. The number of nitrogens with zero attached hydrogens (tertiary/aromatic N) is 1. The molecule has 25 heavy (non-hydrogen) atoms. The van der Waals surface area contributed by atoms with E-state index >= 15 is 0 Å². The molecule has 0 bridgehead atoms. The van der Waals surface area contributed by atoms with E-state index in [9.17, 15) is 27.9 Å². The van der Waals surface area contributed by atoms with Crippen molar-refractivity contribution in [2.24, 2.45) is 7.05 Å². The Labute approximate surface area is 139 Å². The van der Waals surface area contributed by atoms with Gasteiger partial charge in [-0.2, -0.15) is 13.2 Å². The third-order valence-electron chi connectivity index (χ3n) is 3.98. The monoisotopic (exact) mass is 347 g/mol. The second-order valence-electron chi connectivity index (χ2n) is 5.51. The Bertz CT molecular complexity index is 1030. The molecule has 0 amide bonds. The summed E-state index contributed by atoms with van der Waals surface area (Å²) in [5.41, 5.74) is -1.77. The molecule has 2 aromatic carbocycles. The van der Waals surface area contributed by atoms with Crippen molar-refractivity contribution in [2.45, 2.75) is 6.18 Å². The van der Waals surface area contributed by atoms with Gasteiger partial charge in [-0.1, -0.05) is 24.3 Å². The molecule has 1 aromatic heterocycles. The first-order chi connectivity index (χ1) is 11.7. The van der Waals surface area contributed by atoms with E-state index in [4.69, 9.17) is 0 Å². The molecule has 128 valence electrons. The lowest BCUT2D eigenvalue weighted by Crippen LogP contribution is -2.25. The molecule has 4 nitrogen and oxygen atoms in total. The van der Waals surface area contributed by atoms with Crippen LogP contribution in [-0.2, 0) is 13.2 Å². The molecule has 0 radical (unpaired) electrons. The van der Waals surface area contributed by atoms with Crippen LogP contribution in [-0.4, -0.2) is 15.5 Å². The summed E-state index contributed by atoms with van der Waals surface area (Å²) in [5, 5.41) is 10.7. The van der Waals surface area contributed by atoms with E-state index in [1.807, 2.05) is 0 Å². The van der Waals surface area contributed by atoms with Crippen LogP contribution in [0.2, 0.25) is 0 Å². The van der Waals surface area contributed by atoms with Crippen LogP contribution in [0.1, 0.15) is 21.5 Å². The lowest BCUT2D eigenvalue weighted by atomic mass is 10.00. The van der Waals surface area contributed by atoms with E-state index in [2.05, 4.69) is 0 Å². The fourth-order valence-electron chi connectivity index (χ4n) is 2.64. The first-order valence-electron chi connectivity index (χ1n) is 7.24. The van der Waals surface area contributed by atoms with E-state index < -0.39 is 34.4 Å².